The molecule has 1 amide bonds. The van der Waals surface area contributed by atoms with Crippen molar-refractivity contribution >= 4 is 34.9 Å². The predicted molar refractivity (Wildman–Crippen MR) is 102 cm³/mol. The van der Waals surface area contributed by atoms with Crippen LogP contribution in [0.5, 0.6) is 0 Å². The molecule has 0 fully saturated rings. The molecule has 11 heteroatoms. The molecule has 3 aromatic rings. The van der Waals surface area contributed by atoms with E-state index in [0.29, 0.717) is 32.6 Å². The summed E-state index contributed by atoms with van der Waals surface area (Å²) in [7, 11) is 0. The summed E-state index contributed by atoms with van der Waals surface area (Å²) in [6.45, 7) is 4.94. The van der Waals surface area contributed by atoms with E-state index in [1.165, 1.54) is 0 Å². The Labute approximate surface area is 174 Å². The fourth-order valence-corrected chi connectivity index (χ4v) is 3.54. The number of hydrogen-bond donors (Lipinski definition) is 1. The van der Waals surface area contributed by atoms with Gasteiger partial charge in [-0.15, -0.1) is 5.10 Å². The zero-order valence-electron chi connectivity index (χ0n) is 15.6. The summed E-state index contributed by atoms with van der Waals surface area (Å²) in [6, 6.07) is 4.57. The smallest absolute Gasteiger partial charge is 0.349 e. The largest absolute Gasteiger partial charge is 0.453 e. The fraction of sp³-hybridized carbons (Fsp3) is 0.333. The molecule has 1 atom stereocenters. The number of carbonyl (C=O) groups is 1. The van der Waals surface area contributed by atoms with E-state index in [-0.39, 0.29) is 18.1 Å². The molecule has 0 unspecified atom stereocenters. The lowest BCUT2D eigenvalue weighted by molar-refractivity contribution is -0.144. The Morgan fingerprint density at radius 1 is 1.24 bits per heavy atom. The van der Waals surface area contributed by atoms with Crippen LogP contribution in [0.4, 0.5) is 13.2 Å². The highest BCUT2D eigenvalue weighted by molar-refractivity contribution is 6.35. The molecule has 2 aromatic heterocycles. The van der Waals surface area contributed by atoms with Gasteiger partial charge in [-0.1, -0.05) is 29.3 Å². The van der Waals surface area contributed by atoms with Crippen LogP contribution in [-0.2, 0) is 17.4 Å². The van der Waals surface area contributed by atoms with Crippen LogP contribution in [0.1, 0.15) is 41.3 Å². The van der Waals surface area contributed by atoms with Crippen molar-refractivity contribution in [3.05, 3.63) is 56.6 Å². The third-order valence-corrected chi connectivity index (χ3v) is 5.01. The minimum Gasteiger partial charge on any atom is -0.349 e. The van der Waals surface area contributed by atoms with Crippen molar-refractivity contribution in [1.29, 1.82) is 0 Å². The van der Waals surface area contributed by atoms with Gasteiger partial charge in [0.25, 0.3) is 11.6 Å². The Morgan fingerprint density at radius 2 is 1.93 bits per heavy atom. The maximum absolute atomic E-state index is 12.9. The topological polar surface area (TPSA) is 72.2 Å². The number of amides is 1. The molecule has 6 nitrogen and oxygen atoms in total. The second-order valence-corrected chi connectivity index (χ2v) is 7.38. The first kappa shape index (κ1) is 21.3. The minimum absolute atomic E-state index is 0.0859. The number of aryl methyl sites for hydroxylation is 2. The number of benzene rings is 1. The van der Waals surface area contributed by atoms with Crippen LogP contribution in [0.25, 0.3) is 5.78 Å². The van der Waals surface area contributed by atoms with E-state index in [1.807, 2.05) is 0 Å². The molecule has 0 aliphatic rings. The Morgan fingerprint density at radius 3 is 2.55 bits per heavy atom. The number of nitrogens with zero attached hydrogens (tertiary/aromatic N) is 4. The highest BCUT2D eigenvalue weighted by Gasteiger charge is 2.37. The molecule has 0 aliphatic carbocycles. The molecular weight excluding hydrogens is 430 g/mol. The third kappa shape index (κ3) is 4.45. The number of fused-ring (bicyclic) bond motifs is 1. The van der Waals surface area contributed by atoms with Crippen LogP contribution >= 0.6 is 23.2 Å². The quantitative estimate of drug-likeness (QED) is 0.642. The van der Waals surface area contributed by atoms with E-state index in [0.717, 1.165) is 4.52 Å². The van der Waals surface area contributed by atoms with Crippen LogP contribution in [0.3, 0.4) is 0 Å². The molecule has 0 bridgehead atoms. The number of rotatable bonds is 4. The molecule has 0 aliphatic heterocycles. The van der Waals surface area contributed by atoms with Gasteiger partial charge in [-0.25, -0.2) is 9.50 Å². The van der Waals surface area contributed by atoms with Gasteiger partial charge >= 0.3 is 6.18 Å². The maximum atomic E-state index is 12.9. The van der Waals surface area contributed by atoms with Crippen LogP contribution in [0, 0.1) is 13.8 Å². The summed E-state index contributed by atoms with van der Waals surface area (Å²) in [6.07, 6.45) is -4.77. The van der Waals surface area contributed by atoms with Gasteiger partial charge in [0.05, 0.1) is 12.5 Å². The van der Waals surface area contributed by atoms with Crippen molar-refractivity contribution in [2.75, 3.05) is 0 Å². The molecule has 0 saturated heterocycles. The second-order valence-electron chi connectivity index (χ2n) is 6.54. The fourth-order valence-electron chi connectivity index (χ4n) is 2.97. The van der Waals surface area contributed by atoms with Gasteiger partial charge in [-0.05, 0) is 38.5 Å². The third-order valence-electron chi connectivity index (χ3n) is 4.45. The van der Waals surface area contributed by atoms with Gasteiger partial charge in [-0.2, -0.15) is 18.2 Å². The average Bonchev–Trinajstić information content (AvgIpc) is 3.03. The monoisotopic (exact) mass is 445 g/mol. The van der Waals surface area contributed by atoms with E-state index >= 15 is 0 Å². The molecule has 29 heavy (non-hydrogen) atoms. The summed E-state index contributed by atoms with van der Waals surface area (Å²) in [4.78, 5) is 20.0. The van der Waals surface area contributed by atoms with Crippen LogP contribution < -0.4 is 5.32 Å². The van der Waals surface area contributed by atoms with Gasteiger partial charge in [0, 0.05) is 27.0 Å². The minimum atomic E-state index is -4.68. The van der Waals surface area contributed by atoms with Crippen molar-refractivity contribution in [2.45, 2.75) is 39.4 Å². The molecule has 2 heterocycles. The lowest BCUT2D eigenvalue weighted by atomic mass is 10.1. The van der Waals surface area contributed by atoms with Gasteiger partial charge in [-0.3, -0.25) is 4.79 Å². The Balaban J connectivity index is 1.84. The zero-order chi connectivity index (χ0) is 21.5. The van der Waals surface area contributed by atoms with Crippen LogP contribution in [-0.4, -0.2) is 25.5 Å². The van der Waals surface area contributed by atoms with E-state index in [2.05, 4.69) is 20.4 Å². The van der Waals surface area contributed by atoms with Gasteiger partial charge in [0.2, 0.25) is 5.91 Å². The Bertz CT molecular complexity index is 1100. The summed E-state index contributed by atoms with van der Waals surface area (Å²) in [5.74, 6) is -1.79. The number of carbonyl (C=O) groups excluding carboxylic acids is 1. The highest BCUT2D eigenvalue weighted by Crippen LogP contribution is 2.28. The number of halogens is 5. The van der Waals surface area contributed by atoms with Crippen molar-refractivity contribution in [3.63, 3.8) is 0 Å². The second kappa shape index (κ2) is 7.79. The van der Waals surface area contributed by atoms with E-state index in [4.69, 9.17) is 23.2 Å². The molecule has 1 N–H and O–H groups in total. The maximum Gasteiger partial charge on any atom is 0.453 e. The number of alkyl halides is 3. The Hall–Kier alpha value is -2.39. The van der Waals surface area contributed by atoms with Gasteiger partial charge < -0.3 is 5.32 Å². The first-order chi connectivity index (χ1) is 13.5. The number of hydrogen-bond acceptors (Lipinski definition) is 4. The highest BCUT2D eigenvalue weighted by atomic mass is 35.5. The SMILES string of the molecule is Cc1nc2nc(C(F)(F)F)nn2c(C)c1CC(=O)N[C@H](C)c1ccc(Cl)cc1Cl. The van der Waals surface area contributed by atoms with Crippen molar-refractivity contribution < 1.29 is 18.0 Å². The zero-order valence-corrected chi connectivity index (χ0v) is 17.1. The lowest BCUT2D eigenvalue weighted by Crippen LogP contribution is -2.29. The number of nitrogens with one attached hydrogen (secondary N) is 1. The van der Waals surface area contributed by atoms with Gasteiger partial charge in [0.1, 0.15) is 0 Å². The summed E-state index contributed by atoms with van der Waals surface area (Å²) >= 11 is 12.1. The lowest BCUT2D eigenvalue weighted by Gasteiger charge is -2.17. The first-order valence-electron chi connectivity index (χ1n) is 8.51. The summed E-state index contributed by atoms with van der Waals surface area (Å²) in [5, 5.41) is 7.19. The predicted octanol–water partition coefficient (Wildman–Crippen LogP) is 4.49. The van der Waals surface area contributed by atoms with E-state index in [1.54, 1.807) is 39.0 Å². The Kier molecular flexibility index (Phi) is 5.73. The molecule has 0 saturated carbocycles. The van der Waals surface area contributed by atoms with Crippen molar-refractivity contribution in [1.82, 2.24) is 24.9 Å². The van der Waals surface area contributed by atoms with Crippen molar-refractivity contribution in [3.8, 4) is 0 Å². The van der Waals surface area contributed by atoms with E-state index in [9.17, 15) is 18.0 Å². The van der Waals surface area contributed by atoms with Crippen molar-refractivity contribution in [2.24, 2.45) is 0 Å². The molecular formula is C18H16Cl2F3N5O. The van der Waals surface area contributed by atoms with E-state index < -0.39 is 18.0 Å². The van der Waals surface area contributed by atoms with Gasteiger partial charge in [0.15, 0.2) is 0 Å². The molecule has 0 spiro atoms. The average molecular weight is 446 g/mol. The molecule has 0 radical (unpaired) electrons. The molecule has 3 rings (SSSR count). The normalized spacial score (nSPS) is 13.0. The summed E-state index contributed by atoms with van der Waals surface area (Å²) < 4.78 is 39.6. The first-order valence-corrected chi connectivity index (χ1v) is 9.27. The summed E-state index contributed by atoms with van der Waals surface area (Å²) in [5.41, 5.74) is 1.94. The van der Waals surface area contributed by atoms with Crippen LogP contribution in [0.15, 0.2) is 18.2 Å². The molecule has 1 aromatic carbocycles. The number of aromatic nitrogens is 4. The van der Waals surface area contributed by atoms with Crippen LogP contribution in [0.2, 0.25) is 10.0 Å². The standard InChI is InChI=1S/C18H16Cl2F3N5O/c1-8(12-5-4-11(19)6-14(12)20)24-15(29)7-13-9(2)25-17-26-16(18(21,22)23)27-28(17)10(13)3/h4-6,8H,7H2,1-3H3,(H,24,29)/t8-/m1/s1. The molecule has 154 valence electrons.